The molecular formula is C12H19N5O2. The van der Waals surface area contributed by atoms with Crippen molar-refractivity contribution in [2.45, 2.75) is 39.4 Å². The van der Waals surface area contributed by atoms with Crippen LogP contribution in [0.4, 0.5) is 0 Å². The Hall–Kier alpha value is -1.89. The van der Waals surface area contributed by atoms with Crippen LogP contribution in [0.25, 0.3) is 11.2 Å². The molecule has 0 unspecified atom stereocenters. The van der Waals surface area contributed by atoms with Gasteiger partial charge >= 0.3 is 5.69 Å². The summed E-state index contributed by atoms with van der Waals surface area (Å²) in [4.78, 5) is 28.9. The van der Waals surface area contributed by atoms with Gasteiger partial charge in [0.05, 0.1) is 6.33 Å². The lowest BCUT2D eigenvalue weighted by Gasteiger charge is -2.20. The van der Waals surface area contributed by atoms with Crippen molar-refractivity contribution in [2.75, 3.05) is 0 Å². The summed E-state index contributed by atoms with van der Waals surface area (Å²) in [6, 6.07) is 0. The van der Waals surface area contributed by atoms with Crippen LogP contribution in [0.3, 0.4) is 0 Å². The number of aryl methyl sites for hydroxylation is 2. The molecule has 2 rings (SSSR count). The van der Waals surface area contributed by atoms with Gasteiger partial charge in [-0.3, -0.25) is 13.9 Å². The van der Waals surface area contributed by atoms with Gasteiger partial charge < -0.3 is 10.3 Å². The molecule has 2 N–H and O–H groups in total. The summed E-state index contributed by atoms with van der Waals surface area (Å²) in [6.45, 7) is 6.03. The Morgan fingerprint density at radius 3 is 2.47 bits per heavy atom. The van der Waals surface area contributed by atoms with E-state index in [1.54, 1.807) is 25.5 Å². The average Bonchev–Trinajstić information content (AvgIpc) is 2.66. The highest BCUT2D eigenvalue weighted by molar-refractivity contribution is 5.69. The molecule has 0 spiro atoms. The Kier molecular flexibility index (Phi) is 3.09. The molecule has 19 heavy (non-hydrogen) atoms. The third-order valence-electron chi connectivity index (χ3n) is 2.96. The van der Waals surface area contributed by atoms with Crippen LogP contribution in [0.5, 0.6) is 0 Å². The van der Waals surface area contributed by atoms with E-state index in [0.717, 1.165) is 0 Å². The summed E-state index contributed by atoms with van der Waals surface area (Å²) >= 11 is 0. The fourth-order valence-electron chi connectivity index (χ4n) is 2.14. The van der Waals surface area contributed by atoms with Gasteiger partial charge in [0.15, 0.2) is 11.2 Å². The first-order valence-corrected chi connectivity index (χ1v) is 6.20. The molecular weight excluding hydrogens is 246 g/mol. The summed E-state index contributed by atoms with van der Waals surface area (Å²) in [5.41, 5.74) is 5.42. The standard InChI is InChI=1S/C12H19N5O2/c1-5-16-9-8(15(4)7-14-9)10(18)17(11(16)19)6-12(2,3)13/h7H,5-6,13H2,1-4H3. The van der Waals surface area contributed by atoms with Crippen LogP contribution >= 0.6 is 0 Å². The molecule has 2 heterocycles. The average molecular weight is 265 g/mol. The lowest BCUT2D eigenvalue weighted by atomic mass is 10.1. The highest BCUT2D eigenvalue weighted by Crippen LogP contribution is 2.06. The molecule has 2 aromatic heterocycles. The fraction of sp³-hybridized carbons (Fsp3) is 0.583. The molecule has 7 heteroatoms. The van der Waals surface area contributed by atoms with E-state index in [2.05, 4.69) is 4.98 Å². The smallest absolute Gasteiger partial charge is 0.328 e. The molecule has 0 aliphatic heterocycles. The molecule has 0 bridgehead atoms. The van der Waals surface area contributed by atoms with Gasteiger partial charge in [-0.15, -0.1) is 0 Å². The third-order valence-corrected chi connectivity index (χ3v) is 2.96. The second-order valence-electron chi connectivity index (χ2n) is 5.43. The Morgan fingerprint density at radius 2 is 1.95 bits per heavy atom. The zero-order valence-electron chi connectivity index (χ0n) is 11.7. The highest BCUT2D eigenvalue weighted by atomic mass is 16.2. The molecule has 0 atom stereocenters. The van der Waals surface area contributed by atoms with Crippen molar-refractivity contribution >= 4 is 11.2 Å². The normalized spacial score (nSPS) is 12.3. The second kappa shape index (κ2) is 4.34. The van der Waals surface area contributed by atoms with Gasteiger partial charge in [0, 0.05) is 25.7 Å². The number of hydrogen-bond donors (Lipinski definition) is 1. The van der Waals surface area contributed by atoms with Gasteiger partial charge in [-0.2, -0.15) is 0 Å². The molecule has 0 aliphatic rings. The molecule has 0 aliphatic carbocycles. The fourth-order valence-corrected chi connectivity index (χ4v) is 2.14. The van der Waals surface area contributed by atoms with Crippen molar-refractivity contribution in [3.05, 3.63) is 27.2 Å². The van der Waals surface area contributed by atoms with E-state index >= 15 is 0 Å². The van der Waals surface area contributed by atoms with Gasteiger partial charge in [-0.1, -0.05) is 0 Å². The predicted octanol–water partition coefficient (Wildman–Crippen LogP) is -0.346. The lowest BCUT2D eigenvalue weighted by molar-refractivity contribution is 0.408. The maximum absolute atomic E-state index is 12.4. The Balaban J connectivity index is 2.88. The zero-order valence-corrected chi connectivity index (χ0v) is 11.7. The van der Waals surface area contributed by atoms with E-state index in [1.165, 1.54) is 15.5 Å². The lowest BCUT2D eigenvalue weighted by Crippen LogP contribution is -2.48. The van der Waals surface area contributed by atoms with Crippen LogP contribution in [0.15, 0.2) is 15.9 Å². The quantitative estimate of drug-likeness (QED) is 0.822. The molecule has 0 aromatic carbocycles. The van der Waals surface area contributed by atoms with Crippen LogP contribution in [0.1, 0.15) is 20.8 Å². The maximum Gasteiger partial charge on any atom is 0.332 e. The Labute approximate surface area is 110 Å². The number of aromatic nitrogens is 4. The first-order valence-electron chi connectivity index (χ1n) is 6.20. The molecule has 2 aromatic rings. The van der Waals surface area contributed by atoms with E-state index in [9.17, 15) is 9.59 Å². The number of rotatable bonds is 3. The number of nitrogens with two attached hydrogens (primary N) is 1. The van der Waals surface area contributed by atoms with Gasteiger partial charge in [0.2, 0.25) is 0 Å². The molecule has 0 saturated heterocycles. The van der Waals surface area contributed by atoms with Crippen LogP contribution in [-0.4, -0.2) is 24.2 Å². The molecule has 0 radical (unpaired) electrons. The van der Waals surface area contributed by atoms with Crippen molar-refractivity contribution < 1.29 is 0 Å². The topological polar surface area (TPSA) is 87.8 Å². The molecule has 0 saturated carbocycles. The minimum atomic E-state index is -0.638. The van der Waals surface area contributed by atoms with Crippen LogP contribution in [-0.2, 0) is 20.1 Å². The summed E-state index contributed by atoms with van der Waals surface area (Å²) in [5, 5.41) is 0. The van der Waals surface area contributed by atoms with Crippen LogP contribution in [0.2, 0.25) is 0 Å². The maximum atomic E-state index is 12.4. The van der Waals surface area contributed by atoms with Gasteiger partial charge in [0.25, 0.3) is 5.56 Å². The molecule has 104 valence electrons. The van der Waals surface area contributed by atoms with Crippen molar-refractivity contribution in [3.63, 3.8) is 0 Å². The SMILES string of the molecule is CCn1c(=O)n(CC(C)(C)N)c(=O)c2c1ncn2C. The minimum Gasteiger partial charge on any atom is -0.328 e. The summed E-state index contributed by atoms with van der Waals surface area (Å²) in [6.07, 6.45) is 1.54. The van der Waals surface area contributed by atoms with E-state index in [-0.39, 0.29) is 17.8 Å². The van der Waals surface area contributed by atoms with Gasteiger partial charge in [-0.05, 0) is 20.8 Å². The largest absolute Gasteiger partial charge is 0.332 e. The van der Waals surface area contributed by atoms with Crippen LogP contribution in [0, 0.1) is 0 Å². The van der Waals surface area contributed by atoms with E-state index in [0.29, 0.717) is 17.7 Å². The third kappa shape index (κ3) is 2.21. The van der Waals surface area contributed by atoms with Crippen LogP contribution < -0.4 is 17.0 Å². The number of nitrogens with zero attached hydrogens (tertiary/aromatic N) is 4. The molecule has 7 nitrogen and oxygen atoms in total. The first kappa shape index (κ1) is 13.5. The monoisotopic (exact) mass is 265 g/mol. The van der Waals surface area contributed by atoms with Gasteiger partial charge in [0.1, 0.15) is 0 Å². The van der Waals surface area contributed by atoms with E-state index < -0.39 is 5.54 Å². The number of hydrogen-bond acceptors (Lipinski definition) is 4. The summed E-state index contributed by atoms with van der Waals surface area (Å²) < 4.78 is 4.30. The Morgan fingerprint density at radius 1 is 1.32 bits per heavy atom. The Bertz CT molecular complexity index is 729. The zero-order chi connectivity index (χ0) is 14.4. The minimum absolute atomic E-state index is 0.172. The van der Waals surface area contributed by atoms with E-state index in [1.807, 2.05) is 6.92 Å². The van der Waals surface area contributed by atoms with Crippen molar-refractivity contribution in [1.29, 1.82) is 0 Å². The van der Waals surface area contributed by atoms with E-state index in [4.69, 9.17) is 5.73 Å². The second-order valence-corrected chi connectivity index (χ2v) is 5.43. The molecule has 0 amide bonds. The van der Waals surface area contributed by atoms with Crippen molar-refractivity contribution in [1.82, 2.24) is 18.7 Å². The molecule has 0 fully saturated rings. The summed E-state index contributed by atoms with van der Waals surface area (Å²) in [5.74, 6) is 0. The summed E-state index contributed by atoms with van der Waals surface area (Å²) in [7, 11) is 1.74. The number of imidazole rings is 1. The number of fused-ring (bicyclic) bond motifs is 1. The first-order chi connectivity index (χ1) is 8.76. The predicted molar refractivity (Wildman–Crippen MR) is 73.2 cm³/mol. The van der Waals surface area contributed by atoms with Gasteiger partial charge in [-0.25, -0.2) is 9.78 Å². The van der Waals surface area contributed by atoms with Crippen molar-refractivity contribution in [2.24, 2.45) is 12.8 Å². The highest BCUT2D eigenvalue weighted by Gasteiger charge is 2.20. The van der Waals surface area contributed by atoms with Crippen molar-refractivity contribution in [3.8, 4) is 0 Å².